The first kappa shape index (κ1) is 15.5. The van der Waals surface area contributed by atoms with Crippen LogP contribution < -0.4 is 4.90 Å². The molecule has 4 nitrogen and oxygen atoms in total. The van der Waals surface area contributed by atoms with Crippen molar-refractivity contribution in [2.24, 2.45) is 0 Å². The minimum atomic E-state index is 0.549. The molecule has 25 heavy (non-hydrogen) atoms. The topological polar surface area (TPSA) is 55.7 Å². The Kier molecular flexibility index (Phi) is 3.99. The Morgan fingerprint density at radius 3 is 2.72 bits per heavy atom. The Morgan fingerprint density at radius 2 is 2.00 bits per heavy atom. The highest BCUT2D eigenvalue weighted by molar-refractivity contribution is 5.90. The van der Waals surface area contributed by atoms with Gasteiger partial charge in [-0.05, 0) is 61.2 Å². The molecular weight excluding hydrogens is 308 g/mol. The minimum absolute atomic E-state index is 0.549. The molecule has 124 valence electrons. The van der Waals surface area contributed by atoms with E-state index in [9.17, 15) is 5.26 Å². The smallest absolute Gasteiger partial charge is 0.149 e. The molecule has 0 saturated carbocycles. The van der Waals surface area contributed by atoms with Crippen molar-refractivity contribution in [1.29, 1.82) is 5.26 Å². The first-order valence-electron chi connectivity index (χ1n) is 8.67. The molecule has 3 aromatic rings. The summed E-state index contributed by atoms with van der Waals surface area (Å²) in [5.41, 5.74) is 5.87. The molecule has 0 aliphatic carbocycles. The van der Waals surface area contributed by atoms with Crippen LogP contribution in [0, 0.1) is 18.3 Å². The van der Waals surface area contributed by atoms with Gasteiger partial charge < -0.3 is 9.88 Å². The zero-order chi connectivity index (χ0) is 17.2. The summed E-state index contributed by atoms with van der Waals surface area (Å²) in [5, 5.41) is 9.60. The predicted molar refractivity (Wildman–Crippen MR) is 102 cm³/mol. The summed E-state index contributed by atoms with van der Waals surface area (Å²) in [6.45, 7) is 4.37. The number of para-hydroxylation sites is 2. The lowest BCUT2D eigenvalue weighted by Crippen LogP contribution is -2.17. The van der Waals surface area contributed by atoms with E-state index >= 15 is 0 Å². The van der Waals surface area contributed by atoms with Gasteiger partial charge in [-0.1, -0.05) is 18.2 Å². The predicted octanol–water partition coefficient (Wildman–Crippen LogP) is 4.54. The summed E-state index contributed by atoms with van der Waals surface area (Å²) in [6.07, 6.45) is 4.46. The summed E-state index contributed by atoms with van der Waals surface area (Å²) in [7, 11) is 0. The Balaban J connectivity index is 1.69. The van der Waals surface area contributed by atoms with Gasteiger partial charge in [0.15, 0.2) is 0 Å². The fraction of sp³-hybridized carbons (Fsp3) is 0.238. The number of nitrogens with zero attached hydrogens (tertiary/aromatic N) is 3. The van der Waals surface area contributed by atoms with Gasteiger partial charge in [-0.2, -0.15) is 5.26 Å². The molecule has 1 aliphatic heterocycles. The van der Waals surface area contributed by atoms with E-state index in [4.69, 9.17) is 0 Å². The maximum absolute atomic E-state index is 9.60. The highest BCUT2D eigenvalue weighted by atomic mass is 15.1. The third-order valence-corrected chi connectivity index (χ3v) is 4.79. The van der Waals surface area contributed by atoms with Gasteiger partial charge in [0.1, 0.15) is 11.9 Å². The highest BCUT2D eigenvalue weighted by Crippen LogP contribution is 2.26. The normalized spacial score (nSPS) is 14.9. The van der Waals surface area contributed by atoms with E-state index < -0.39 is 0 Å². The van der Waals surface area contributed by atoms with E-state index in [1.54, 1.807) is 0 Å². The number of hydrogen-bond acceptors (Lipinski definition) is 3. The number of aromatic amines is 1. The monoisotopic (exact) mass is 328 g/mol. The Bertz CT molecular complexity index is 952. The van der Waals surface area contributed by atoms with Crippen LogP contribution in [0.15, 0.2) is 42.5 Å². The molecule has 1 aromatic heterocycles. The molecule has 1 fully saturated rings. The maximum Gasteiger partial charge on any atom is 0.149 e. The molecule has 1 N–H and O–H groups in total. The van der Waals surface area contributed by atoms with E-state index in [0.717, 1.165) is 29.7 Å². The van der Waals surface area contributed by atoms with Gasteiger partial charge in [0, 0.05) is 18.8 Å². The van der Waals surface area contributed by atoms with Crippen LogP contribution in [0.5, 0.6) is 0 Å². The number of rotatable bonds is 3. The van der Waals surface area contributed by atoms with Crippen LogP contribution in [0.1, 0.15) is 29.8 Å². The van der Waals surface area contributed by atoms with Crippen LogP contribution in [0.2, 0.25) is 0 Å². The van der Waals surface area contributed by atoms with Crippen molar-refractivity contribution < 1.29 is 0 Å². The van der Waals surface area contributed by atoms with Crippen LogP contribution in [0.25, 0.3) is 22.7 Å². The van der Waals surface area contributed by atoms with Crippen molar-refractivity contribution in [3.8, 4) is 6.07 Å². The molecule has 4 heteroatoms. The molecule has 0 radical (unpaired) electrons. The van der Waals surface area contributed by atoms with Crippen molar-refractivity contribution in [2.45, 2.75) is 19.8 Å². The molecule has 1 aliphatic rings. The average molecular weight is 328 g/mol. The second-order valence-corrected chi connectivity index (χ2v) is 6.51. The van der Waals surface area contributed by atoms with E-state index in [0.29, 0.717) is 11.4 Å². The molecule has 0 bridgehead atoms. The van der Waals surface area contributed by atoms with E-state index in [2.05, 4.69) is 46.1 Å². The van der Waals surface area contributed by atoms with E-state index in [1.807, 2.05) is 30.3 Å². The SMILES string of the molecule is Cc1cc(N2CCCC2)ccc1/C=C(/C#N)c1nc2ccccc2[nH]1. The molecule has 0 amide bonds. The lowest BCUT2D eigenvalue weighted by atomic mass is 10.0. The number of H-pyrrole nitrogens is 1. The number of benzene rings is 2. The van der Waals surface area contributed by atoms with Crippen molar-refractivity contribution >= 4 is 28.4 Å². The van der Waals surface area contributed by atoms with Gasteiger partial charge in [-0.15, -0.1) is 0 Å². The largest absolute Gasteiger partial charge is 0.372 e. The third kappa shape index (κ3) is 3.01. The van der Waals surface area contributed by atoms with Gasteiger partial charge in [-0.25, -0.2) is 4.98 Å². The van der Waals surface area contributed by atoms with Gasteiger partial charge in [0.2, 0.25) is 0 Å². The number of nitriles is 1. The quantitative estimate of drug-likeness (QED) is 0.718. The number of nitrogens with one attached hydrogen (secondary N) is 1. The highest BCUT2D eigenvalue weighted by Gasteiger charge is 2.13. The molecule has 2 heterocycles. The molecule has 1 saturated heterocycles. The summed E-state index contributed by atoms with van der Waals surface area (Å²) in [5.74, 6) is 0.617. The van der Waals surface area contributed by atoms with Crippen LogP contribution in [-0.4, -0.2) is 23.1 Å². The van der Waals surface area contributed by atoms with Crippen LogP contribution in [0.3, 0.4) is 0 Å². The van der Waals surface area contributed by atoms with Crippen LogP contribution in [-0.2, 0) is 0 Å². The zero-order valence-corrected chi connectivity index (χ0v) is 14.3. The number of fused-ring (bicyclic) bond motifs is 1. The van der Waals surface area contributed by atoms with Gasteiger partial charge in [0.25, 0.3) is 0 Å². The van der Waals surface area contributed by atoms with E-state index in [-0.39, 0.29) is 0 Å². The molecule has 0 unspecified atom stereocenters. The van der Waals surface area contributed by atoms with Crippen molar-refractivity contribution in [1.82, 2.24) is 9.97 Å². The first-order chi connectivity index (χ1) is 12.2. The summed E-state index contributed by atoms with van der Waals surface area (Å²) in [4.78, 5) is 10.2. The molecule has 0 spiro atoms. The summed E-state index contributed by atoms with van der Waals surface area (Å²) in [6, 6.07) is 16.6. The first-order valence-corrected chi connectivity index (χ1v) is 8.67. The van der Waals surface area contributed by atoms with Crippen LogP contribution >= 0.6 is 0 Å². The summed E-state index contributed by atoms with van der Waals surface area (Å²) >= 11 is 0. The van der Waals surface area contributed by atoms with Gasteiger partial charge >= 0.3 is 0 Å². The number of allylic oxidation sites excluding steroid dienone is 1. The Labute approximate surface area is 147 Å². The van der Waals surface area contributed by atoms with Crippen molar-refractivity contribution in [2.75, 3.05) is 18.0 Å². The number of aromatic nitrogens is 2. The van der Waals surface area contributed by atoms with Crippen molar-refractivity contribution in [3.63, 3.8) is 0 Å². The Hall–Kier alpha value is -3.06. The average Bonchev–Trinajstić information content (AvgIpc) is 3.30. The minimum Gasteiger partial charge on any atom is -0.372 e. The Morgan fingerprint density at radius 1 is 1.20 bits per heavy atom. The number of anilines is 1. The summed E-state index contributed by atoms with van der Waals surface area (Å²) < 4.78 is 0. The standard InChI is InChI=1S/C21H20N4/c1-15-12-18(25-10-4-5-11-25)9-8-16(15)13-17(14-22)21-23-19-6-2-3-7-20(19)24-21/h2-3,6-9,12-13H,4-5,10-11H2,1H3,(H,23,24)/b17-13-. The van der Waals surface area contributed by atoms with Gasteiger partial charge in [0.05, 0.1) is 16.6 Å². The van der Waals surface area contributed by atoms with Gasteiger partial charge in [-0.3, -0.25) is 0 Å². The maximum atomic E-state index is 9.60. The zero-order valence-electron chi connectivity index (χ0n) is 14.3. The third-order valence-electron chi connectivity index (χ3n) is 4.79. The number of hydrogen-bond donors (Lipinski definition) is 1. The lowest BCUT2D eigenvalue weighted by Gasteiger charge is -2.18. The second-order valence-electron chi connectivity index (χ2n) is 6.51. The number of imidazole rings is 1. The van der Waals surface area contributed by atoms with E-state index in [1.165, 1.54) is 24.1 Å². The fourth-order valence-corrected chi connectivity index (χ4v) is 3.38. The fourth-order valence-electron chi connectivity index (χ4n) is 3.38. The second kappa shape index (κ2) is 6.45. The number of aryl methyl sites for hydroxylation is 1. The van der Waals surface area contributed by atoms with Crippen LogP contribution in [0.4, 0.5) is 5.69 Å². The van der Waals surface area contributed by atoms with Crippen molar-refractivity contribution in [3.05, 3.63) is 59.4 Å². The molecule has 0 atom stereocenters. The molecular formula is C21H20N4. The molecule has 4 rings (SSSR count). The lowest BCUT2D eigenvalue weighted by molar-refractivity contribution is 0.949. The molecule has 2 aromatic carbocycles.